The van der Waals surface area contributed by atoms with Gasteiger partial charge in [0.2, 0.25) is 5.91 Å². The first kappa shape index (κ1) is 23.7. The number of nitrogens with one attached hydrogen (secondary N) is 1. The Hall–Kier alpha value is -3.05. The van der Waals surface area contributed by atoms with Crippen molar-refractivity contribution in [2.45, 2.75) is 70.1 Å². The maximum atomic E-state index is 13.9. The molecular weight excluding hydrogens is 458 g/mol. The lowest BCUT2D eigenvalue weighted by molar-refractivity contribution is -0.134. The number of benzene rings is 2. The van der Waals surface area contributed by atoms with Gasteiger partial charge in [-0.2, -0.15) is 0 Å². The van der Waals surface area contributed by atoms with E-state index >= 15 is 0 Å². The number of carbonyl (C=O) groups excluding carboxylic acids is 2. The van der Waals surface area contributed by atoms with E-state index in [9.17, 15) is 9.59 Å². The van der Waals surface area contributed by atoms with Crippen molar-refractivity contribution in [2.24, 2.45) is 0 Å². The van der Waals surface area contributed by atoms with Crippen molar-refractivity contribution in [1.82, 2.24) is 14.8 Å². The highest BCUT2D eigenvalue weighted by atomic mass is 35.5. The van der Waals surface area contributed by atoms with E-state index in [-0.39, 0.29) is 17.9 Å². The second-order valence-corrected chi connectivity index (χ2v) is 10.4. The van der Waals surface area contributed by atoms with Crippen molar-refractivity contribution in [3.05, 3.63) is 83.0 Å². The molecule has 3 aromatic rings. The van der Waals surface area contributed by atoms with Gasteiger partial charge >= 0.3 is 0 Å². The molecule has 35 heavy (non-hydrogen) atoms. The second kappa shape index (κ2) is 9.90. The van der Waals surface area contributed by atoms with Gasteiger partial charge in [0.05, 0.1) is 6.54 Å². The molecule has 1 aromatic heterocycles. The normalized spacial score (nSPS) is 20.9. The predicted octanol–water partition coefficient (Wildman–Crippen LogP) is 6.06. The number of aromatic nitrogens is 1. The van der Waals surface area contributed by atoms with Gasteiger partial charge in [-0.3, -0.25) is 9.59 Å². The molecule has 0 spiro atoms. The lowest BCUT2D eigenvalue weighted by atomic mass is 9.92. The van der Waals surface area contributed by atoms with Gasteiger partial charge in [-0.1, -0.05) is 79.7 Å². The average Bonchev–Trinajstić information content (AvgIpc) is 3.11. The highest BCUT2D eigenvalue weighted by Gasteiger charge is 2.48. The van der Waals surface area contributed by atoms with Gasteiger partial charge in [0.15, 0.2) is 0 Å². The lowest BCUT2D eigenvalue weighted by Gasteiger charge is -2.45. The van der Waals surface area contributed by atoms with Crippen molar-refractivity contribution in [1.29, 1.82) is 0 Å². The molecule has 1 aliphatic carbocycles. The van der Waals surface area contributed by atoms with Crippen LogP contribution in [0.25, 0.3) is 11.3 Å². The molecule has 5 nitrogen and oxygen atoms in total. The molecule has 2 amide bonds. The summed E-state index contributed by atoms with van der Waals surface area (Å²) < 4.78 is 2.02. The molecule has 2 heterocycles. The molecule has 1 atom stereocenters. The first-order chi connectivity index (χ1) is 17.0. The van der Waals surface area contributed by atoms with E-state index in [1.54, 1.807) is 4.90 Å². The fourth-order valence-electron chi connectivity index (χ4n) is 5.42. The third-order valence-electron chi connectivity index (χ3n) is 7.51. The Morgan fingerprint density at radius 2 is 1.60 bits per heavy atom. The van der Waals surface area contributed by atoms with Crippen LogP contribution < -0.4 is 5.32 Å². The molecule has 0 radical (unpaired) electrons. The Kier molecular flexibility index (Phi) is 6.70. The monoisotopic (exact) mass is 489 g/mol. The topological polar surface area (TPSA) is 54.3 Å². The molecule has 0 bridgehead atoms. The van der Waals surface area contributed by atoms with Gasteiger partial charge in [0.25, 0.3) is 5.91 Å². The fourth-order valence-corrected chi connectivity index (χ4v) is 5.54. The van der Waals surface area contributed by atoms with E-state index in [1.807, 2.05) is 78.2 Å². The van der Waals surface area contributed by atoms with Crippen molar-refractivity contribution in [3.63, 3.8) is 0 Å². The highest BCUT2D eigenvalue weighted by molar-refractivity contribution is 6.30. The summed E-state index contributed by atoms with van der Waals surface area (Å²) in [5.41, 5.74) is 2.51. The van der Waals surface area contributed by atoms with Crippen LogP contribution in [0.5, 0.6) is 0 Å². The number of hydrogen-bond donors (Lipinski definition) is 1. The van der Waals surface area contributed by atoms with Crippen LogP contribution in [-0.2, 0) is 17.9 Å². The summed E-state index contributed by atoms with van der Waals surface area (Å²) in [4.78, 5) is 29.6. The minimum absolute atomic E-state index is 0.0786. The molecule has 2 aliphatic rings. The van der Waals surface area contributed by atoms with Gasteiger partial charge in [0.1, 0.15) is 11.2 Å². The van der Waals surface area contributed by atoms with Crippen molar-refractivity contribution in [2.75, 3.05) is 0 Å². The summed E-state index contributed by atoms with van der Waals surface area (Å²) in [6.45, 7) is 2.65. The zero-order valence-corrected chi connectivity index (χ0v) is 20.9. The number of hydrogen-bond acceptors (Lipinski definition) is 2. The lowest BCUT2D eigenvalue weighted by Crippen LogP contribution is -2.64. The number of halogens is 1. The van der Waals surface area contributed by atoms with Crippen LogP contribution in [0.1, 0.15) is 61.5 Å². The van der Waals surface area contributed by atoms with E-state index < -0.39 is 5.54 Å². The summed E-state index contributed by atoms with van der Waals surface area (Å²) >= 11 is 6.09. The van der Waals surface area contributed by atoms with Gasteiger partial charge in [-0.15, -0.1) is 0 Å². The molecule has 1 fully saturated rings. The molecule has 6 heteroatoms. The quantitative estimate of drug-likeness (QED) is 0.443. The smallest absolute Gasteiger partial charge is 0.271 e. The van der Waals surface area contributed by atoms with Gasteiger partial charge in [-0.05, 0) is 55.2 Å². The predicted molar refractivity (Wildman–Crippen MR) is 139 cm³/mol. The summed E-state index contributed by atoms with van der Waals surface area (Å²) in [5.74, 6) is -0.211. The van der Waals surface area contributed by atoms with Gasteiger partial charge in [-0.25, -0.2) is 0 Å². The molecule has 1 aliphatic heterocycles. The Morgan fingerprint density at radius 1 is 0.943 bits per heavy atom. The average molecular weight is 490 g/mol. The number of nitrogens with zero attached hydrogens (tertiary/aromatic N) is 2. The van der Waals surface area contributed by atoms with E-state index in [1.165, 1.54) is 12.8 Å². The Labute approximate surface area is 212 Å². The number of fused-ring (bicyclic) bond motifs is 1. The van der Waals surface area contributed by atoms with E-state index in [4.69, 9.17) is 11.6 Å². The zero-order valence-electron chi connectivity index (χ0n) is 20.2. The van der Waals surface area contributed by atoms with Crippen molar-refractivity contribution < 1.29 is 9.59 Å². The second-order valence-electron chi connectivity index (χ2n) is 10.0. The standard InChI is InChI=1S/C29H32ClN3O2/c1-29(28(35)31-24-11-7-2-3-8-12-24)20-32-25(22-9-5-4-6-10-22)17-18-26(32)27(34)33(29)19-21-13-15-23(30)16-14-21/h4-6,9-10,13-18,24H,2-3,7-8,11-12,19-20H2,1H3,(H,31,35)/t29-/m0/s1. The maximum absolute atomic E-state index is 13.9. The number of carbonyl (C=O) groups is 2. The van der Waals surface area contributed by atoms with E-state index in [2.05, 4.69) is 5.32 Å². The van der Waals surface area contributed by atoms with Gasteiger partial charge in [0, 0.05) is 23.3 Å². The number of rotatable bonds is 5. The van der Waals surface area contributed by atoms with Gasteiger partial charge < -0.3 is 14.8 Å². The molecule has 0 saturated heterocycles. The minimum Gasteiger partial charge on any atom is -0.351 e. The SMILES string of the molecule is C[C@@]1(C(=O)NC2CCCCCC2)Cn2c(ccc2-c2ccccc2)C(=O)N1Cc1ccc(Cl)cc1. The van der Waals surface area contributed by atoms with Crippen LogP contribution in [0.4, 0.5) is 0 Å². The Balaban J connectivity index is 1.52. The Morgan fingerprint density at radius 3 is 2.29 bits per heavy atom. The van der Waals surface area contributed by atoms with Crippen LogP contribution in [0.15, 0.2) is 66.7 Å². The highest BCUT2D eigenvalue weighted by Crippen LogP contribution is 2.34. The summed E-state index contributed by atoms with van der Waals surface area (Å²) in [7, 11) is 0. The van der Waals surface area contributed by atoms with Crippen LogP contribution >= 0.6 is 11.6 Å². The summed E-state index contributed by atoms with van der Waals surface area (Å²) in [6.07, 6.45) is 6.70. The van der Waals surface area contributed by atoms with Crippen molar-refractivity contribution >= 4 is 23.4 Å². The molecule has 1 saturated carbocycles. The van der Waals surface area contributed by atoms with Crippen molar-refractivity contribution in [3.8, 4) is 11.3 Å². The third-order valence-corrected chi connectivity index (χ3v) is 7.76. The Bertz CT molecular complexity index is 1200. The van der Waals surface area contributed by atoms with Crippen LogP contribution in [0.3, 0.4) is 0 Å². The maximum Gasteiger partial charge on any atom is 0.271 e. The first-order valence-electron chi connectivity index (χ1n) is 12.6. The van der Waals surface area contributed by atoms with Crippen LogP contribution in [-0.4, -0.2) is 32.9 Å². The molecule has 2 aromatic carbocycles. The number of amides is 2. The van der Waals surface area contributed by atoms with Crippen LogP contribution in [0, 0.1) is 0 Å². The largest absolute Gasteiger partial charge is 0.351 e. The molecule has 1 N–H and O–H groups in total. The molecular formula is C29H32ClN3O2. The molecule has 182 valence electrons. The third kappa shape index (κ3) is 4.74. The molecule has 5 rings (SSSR count). The van der Waals surface area contributed by atoms with E-state index in [0.29, 0.717) is 23.8 Å². The zero-order chi connectivity index (χ0) is 24.4. The summed E-state index contributed by atoms with van der Waals surface area (Å²) in [6, 6.07) is 21.5. The van der Waals surface area contributed by atoms with Crippen LogP contribution in [0.2, 0.25) is 5.02 Å². The first-order valence-corrected chi connectivity index (χ1v) is 13.0. The fraction of sp³-hybridized carbons (Fsp3) is 0.379. The minimum atomic E-state index is -1.03. The van der Waals surface area contributed by atoms with E-state index in [0.717, 1.165) is 42.5 Å². The summed E-state index contributed by atoms with van der Waals surface area (Å²) in [5, 5.41) is 3.98. The molecule has 0 unspecified atom stereocenters.